The van der Waals surface area contributed by atoms with Crippen molar-refractivity contribution in [1.82, 2.24) is 19.4 Å². The average molecular weight is 493 g/mol. The number of fused-ring (bicyclic) bond motifs is 4. The van der Waals surface area contributed by atoms with Crippen LogP contribution >= 0.6 is 22.6 Å². The summed E-state index contributed by atoms with van der Waals surface area (Å²) in [6.07, 6.45) is 2.00. The molecule has 27 heavy (non-hydrogen) atoms. The van der Waals surface area contributed by atoms with Crippen molar-refractivity contribution in [3.63, 3.8) is 0 Å². The van der Waals surface area contributed by atoms with E-state index < -0.39 is 26.0 Å². The molecule has 134 valence electrons. The maximum Gasteiger partial charge on any atom is 0.266 e. The highest BCUT2D eigenvalue weighted by Crippen LogP contribution is 2.18. The van der Waals surface area contributed by atoms with Crippen LogP contribution in [-0.4, -0.2) is 34.0 Å². The van der Waals surface area contributed by atoms with Crippen LogP contribution in [-0.2, 0) is 9.84 Å². The number of aromatic nitrogens is 4. The van der Waals surface area contributed by atoms with Gasteiger partial charge in [0.05, 0.1) is 22.6 Å². The molecule has 0 radical (unpaired) electrons. The molecule has 1 N–H and O–H groups in total. The zero-order valence-corrected chi connectivity index (χ0v) is 16.5. The predicted molar refractivity (Wildman–Crippen MR) is 105 cm³/mol. The molecule has 0 amide bonds. The highest BCUT2D eigenvalue weighted by Gasteiger charge is 2.20. The predicted octanol–water partition coefficient (Wildman–Crippen LogP) is 0.964. The summed E-state index contributed by atoms with van der Waals surface area (Å²) >= 11 is 2.06. The molecule has 0 fully saturated rings. The maximum atomic E-state index is 13.1. The number of hydrogen-bond donors (Lipinski definition) is 1. The molecule has 0 aliphatic rings. The standard InChI is InChI=1S/C16H8IN5O4S/c1-27(25,26)16-19-6-11-12(21-16)13(23)9(5-18)14-20-10-3-2-7(17)4-8(10)15(24)22(11)14/h2-4,6,20H,1H3. The van der Waals surface area contributed by atoms with E-state index in [0.717, 1.165) is 20.4 Å². The maximum absolute atomic E-state index is 13.1. The minimum Gasteiger partial charge on any atom is -0.339 e. The SMILES string of the molecule is CS(=O)(=O)c1ncc2c(n1)c(=O)c(C#N)c1[nH]c3ccc(I)cc3c(=O)n12. The summed E-state index contributed by atoms with van der Waals surface area (Å²) in [6.45, 7) is 0. The molecule has 9 nitrogen and oxygen atoms in total. The van der Waals surface area contributed by atoms with Crippen LogP contribution in [0.2, 0.25) is 0 Å². The minimum absolute atomic E-state index is 0.00409. The van der Waals surface area contributed by atoms with E-state index in [-0.39, 0.29) is 22.2 Å². The molecule has 4 rings (SSSR count). The number of pyridine rings is 1. The summed E-state index contributed by atoms with van der Waals surface area (Å²) < 4.78 is 25.4. The van der Waals surface area contributed by atoms with Gasteiger partial charge in [0.15, 0.2) is 0 Å². The highest BCUT2D eigenvalue weighted by atomic mass is 127. The number of nitriles is 1. The van der Waals surface area contributed by atoms with E-state index in [9.17, 15) is 23.3 Å². The zero-order chi connectivity index (χ0) is 19.5. The monoisotopic (exact) mass is 493 g/mol. The summed E-state index contributed by atoms with van der Waals surface area (Å²) in [5.74, 6) is 0. The van der Waals surface area contributed by atoms with Gasteiger partial charge in [-0.1, -0.05) is 0 Å². The molecule has 3 aromatic heterocycles. The van der Waals surface area contributed by atoms with E-state index in [1.165, 1.54) is 0 Å². The number of benzene rings is 1. The first-order valence-corrected chi connectivity index (χ1v) is 10.4. The first-order valence-electron chi connectivity index (χ1n) is 7.39. The zero-order valence-electron chi connectivity index (χ0n) is 13.5. The van der Waals surface area contributed by atoms with Crippen LogP contribution in [0.15, 0.2) is 39.1 Å². The lowest BCUT2D eigenvalue weighted by Crippen LogP contribution is -2.23. The normalized spacial score (nSPS) is 11.9. The summed E-state index contributed by atoms with van der Waals surface area (Å²) in [6, 6.07) is 6.90. The van der Waals surface area contributed by atoms with E-state index >= 15 is 0 Å². The lowest BCUT2D eigenvalue weighted by atomic mass is 10.2. The van der Waals surface area contributed by atoms with Crippen LogP contribution in [0.1, 0.15) is 5.56 Å². The molecule has 3 heterocycles. The van der Waals surface area contributed by atoms with Crippen LogP contribution in [0.3, 0.4) is 0 Å². The average Bonchev–Trinajstić information content (AvgIpc) is 2.61. The number of sulfone groups is 1. The number of halogens is 1. The van der Waals surface area contributed by atoms with Gasteiger partial charge in [-0.25, -0.2) is 18.4 Å². The van der Waals surface area contributed by atoms with Gasteiger partial charge >= 0.3 is 0 Å². The third-order valence-electron chi connectivity index (χ3n) is 4.00. The molecule has 0 saturated heterocycles. The van der Waals surface area contributed by atoms with Gasteiger partial charge in [0.25, 0.3) is 5.56 Å². The van der Waals surface area contributed by atoms with Crippen molar-refractivity contribution >= 4 is 60.0 Å². The van der Waals surface area contributed by atoms with Crippen molar-refractivity contribution in [2.45, 2.75) is 5.16 Å². The second kappa shape index (κ2) is 5.83. The fraction of sp³-hybridized carbons (Fsp3) is 0.0625. The fourth-order valence-electron chi connectivity index (χ4n) is 2.81. The van der Waals surface area contributed by atoms with Crippen LogP contribution in [0, 0.1) is 14.9 Å². The molecule has 0 spiro atoms. The molecule has 1 aromatic carbocycles. The van der Waals surface area contributed by atoms with Crippen molar-refractivity contribution in [2.75, 3.05) is 6.26 Å². The second-order valence-corrected chi connectivity index (χ2v) is 8.93. The molecule has 4 aromatic rings. The summed E-state index contributed by atoms with van der Waals surface area (Å²) in [7, 11) is -3.77. The number of H-pyrrole nitrogens is 1. The summed E-state index contributed by atoms with van der Waals surface area (Å²) in [5, 5.41) is 9.25. The molecule has 0 bridgehead atoms. The van der Waals surface area contributed by atoms with Crippen molar-refractivity contribution in [3.05, 3.63) is 54.1 Å². The van der Waals surface area contributed by atoms with Crippen molar-refractivity contribution in [2.24, 2.45) is 0 Å². The van der Waals surface area contributed by atoms with Gasteiger partial charge in [0.1, 0.15) is 22.8 Å². The van der Waals surface area contributed by atoms with Crippen molar-refractivity contribution in [3.8, 4) is 6.07 Å². The van der Waals surface area contributed by atoms with Crippen molar-refractivity contribution in [1.29, 1.82) is 5.26 Å². The highest BCUT2D eigenvalue weighted by molar-refractivity contribution is 14.1. The molecule has 11 heteroatoms. The minimum atomic E-state index is -3.77. The Labute approximate surface area is 164 Å². The third kappa shape index (κ3) is 2.60. The first kappa shape index (κ1) is 17.6. The number of aromatic amines is 1. The fourth-order valence-corrected chi connectivity index (χ4v) is 3.80. The van der Waals surface area contributed by atoms with E-state index in [0.29, 0.717) is 10.9 Å². The Kier molecular flexibility index (Phi) is 3.79. The van der Waals surface area contributed by atoms with E-state index in [4.69, 9.17) is 0 Å². The van der Waals surface area contributed by atoms with Crippen LogP contribution in [0.4, 0.5) is 0 Å². The lowest BCUT2D eigenvalue weighted by molar-refractivity contribution is 0.593. The molecular weight excluding hydrogens is 485 g/mol. The van der Waals surface area contributed by atoms with E-state index in [1.54, 1.807) is 24.3 Å². The Bertz CT molecular complexity index is 1560. The molecule has 0 aliphatic carbocycles. The Morgan fingerprint density at radius 1 is 1.30 bits per heavy atom. The van der Waals surface area contributed by atoms with Crippen LogP contribution in [0.25, 0.3) is 27.6 Å². The molecule has 0 aliphatic heterocycles. The quantitative estimate of drug-likeness (QED) is 0.181. The number of rotatable bonds is 1. The van der Waals surface area contributed by atoms with Gasteiger partial charge in [-0.2, -0.15) is 5.26 Å². The van der Waals surface area contributed by atoms with Crippen molar-refractivity contribution < 1.29 is 8.42 Å². The van der Waals surface area contributed by atoms with Gasteiger partial charge in [-0.15, -0.1) is 0 Å². The Hall–Kier alpha value is -2.85. The van der Waals surface area contributed by atoms with Crippen LogP contribution < -0.4 is 11.0 Å². The molecule has 0 saturated carbocycles. The third-order valence-corrected chi connectivity index (χ3v) is 5.53. The van der Waals surface area contributed by atoms with Crippen LogP contribution in [0.5, 0.6) is 0 Å². The van der Waals surface area contributed by atoms with Gasteiger partial charge in [-0.05, 0) is 40.8 Å². The van der Waals surface area contributed by atoms with E-state index in [2.05, 4.69) is 37.5 Å². The summed E-state index contributed by atoms with van der Waals surface area (Å²) in [5.41, 5.74) is -1.42. The molecule has 0 atom stereocenters. The Balaban J connectivity index is 2.36. The number of nitrogens with zero attached hydrogens (tertiary/aromatic N) is 4. The number of hydrogen-bond acceptors (Lipinski definition) is 7. The van der Waals surface area contributed by atoms with E-state index in [1.807, 2.05) is 0 Å². The Morgan fingerprint density at radius 3 is 2.70 bits per heavy atom. The smallest absolute Gasteiger partial charge is 0.266 e. The van der Waals surface area contributed by atoms with Gasteiger partial charge < -0.3 is 4.98 Å². The largest absolute Gasteiger partial charge is 0.339 e. The Morgan fingerprint density at radius 2 is 2.04 bits per heavy atom. The van der Waals surface area contributed by atoms with Gasteiger partial charge in [0, 0.05) is 9.83 Å². The van der Waals surface area contributed by atoms with Gasteiger partial charge in [-0.3, -0.25) is 14.0 Å². The summed E-state index contributed by atoms with van der Waals surface area (Å²) in [4.78, 5) is 36.3. The first-order chi connectivity index (χ1) is 12.7. The lowest BCUT2D eigenvalue weighted by Gasteiger charge is -2.09. The molecule has 0 unspecified atom stereocenters. The number of nitrogens with one attached hydrogen (secondary N) is 1. The molecular formula is C16H8IN5O4S. The van der Waals surface area contributed by atoms with Gasteiger partial charge in [0.2, 0.25) is 20.4 Å². The topological polar surface area (TPSA) is 138 Å². The second-order valence-electron chi connectivity index (χ2n) is 5.78.